The van der Waals surface area contributed by atoms with Gasteiger partial charge in [0, 0.05) is 19.1 Å². The van der Waals surface area contributed by atoms with Gasteiger partial charge in [-0.15, -0.1) is 0 Å². The van der Waals surface area contributed by atoms with Gasteiger partial charge in [0.2, 0.25) is 0 Å². The zero-order chi connectivity index (χ0) is 14.8. The van der Waals surface area contributed by atoms with Crippen molar-refractivity contribution in [1.82, 2.24) is 4.90 Å². The minimum Gasteiger partial charge on any atom is -0.481 e. The molecule has 1 heterocycles. The third-order valence-electron chi connectivity index (χ3n) is 4.61. The van der Waals surface area contributed by atoms with Crippen molar-refractivity contribution in [3.63, 3.8) is 0 Å². The third-order valence-corrected chi connectivity index (χ3v) is 4.61. The Kier molecular flexibility index (Phi) is 3.93. The summed E-state index contributed by atoms with van der Waals surface area (Å²) < 4.78 is 0. The maximum atomic E-state index is 11.2. The van der Waals surface area contributed by atoms with Crippen LogP contribution in [-0.4, -0.2) is 28.6 Å². The molecule has 0 saturated carbocycles. The molecule has 2 unspecified atom stereocenters. The van der Waals surface area contributed by atoms with Gasteiger partial charge >= 0.3 is 5.97 Å². The lowest BCUT2D eigenvalue weighted by atomic mass is 9.92. The molecular weight excluding hydrogens is 262 g/mol. The topological polar surface area (TPSA) is 40.5 Å². The average Bonchev–Trinajstić information content (AvgIpc) is 2.49. The van der Waals surface area contributed by atoms with Crippen molar-refractivity contribution in [3.8, 4) is 0 Å². The van der Waals surface area contributed by atoms with Gasteiger partial charge in [-0.2, -0.15) is 0 Å². The first kappa shape index (κ1) is 14.1. The highest BCUT2D eigenvalue weighted by molar-refractivity contribution is 5.85. The van der Waals surface area contributed by atoms with Gasteiger partial charge in [0.25, 0.3) is 0 Å². The molecule has 2 aromatic carbocycles. The summed E-state index contributed by atoms with van der Waals surface area (Å²) in [6.45, 7) is 3.68. The van der Waals surface area contributed by atoms with E-state index in [1.165, 1.54) is 16.3 Å². The number of benzene rings is 2. The van der Waals surface area contributed by atoms with Crippen LogP contribution >= 0.6 is 0 Å². The molecule has 1 aliphatic heterocycles. The number of hydrogen-bond donors (Lipinski definition) is 1. The highest BCUT2D eigenvalue weighted by Gasteiger charge is 2.29. The lowest BCUT2D eigenvalue weighted by Gasteiger charge is -2.36. The summed E-state index contributed by atoms with van der Waals surface area (Å²) >= 11 is 0. The first-order valence-electron chi connectivity index (χ1n) is 7.58. The van der Waals surface area contributed by atoms with Gasteiger partial charge in [-0.1, -0.05) is 42.5 Å². The Balaban J connectivity index is 1.85. The van der Waals surface area contributed by atoms with Crippen molar-refractivity contribution >= 4 is 16.7 Å². The average molecular weight is 283 g/mol. The number of nitrogens with zero attached hydrogens (tertiary/aromatic N) is 1. The predicted molar refractivity (Wildman–Crippen MR) is 84.2 cm³/mol. The van der Waals surface area contributed by atoms with Crippen molar-refractivity contribution in [2.75, 3.05) is 6.54 Å². The van der Waals surface area contributed by atoms with E-state index in [1.807, 2.05) is 0 Å². The summed E-state index contributed by atoms with van der Waals surface area (Å²) in [7, 11) is 0. The Bertz CT molecular complexity index is 647. The molecule has 0 bridgehead atoms. The fraction of sp³-hybridized carbons (Fsp3) is 0.389. The Morgan fingerprint density at radius 3 is 2.76 bits per heavy atom. The summed E-state index contributed by atoms with van der Waals surface area (Å²) in [4.78, 5) is 13.6. The maximum absolute atomic E-state index is 11.2. The zero-order valence-corrected chi connectivity index (χ0v) is 12.3. The second kappa shape index (κ2) is 5.86. The van der Waals surface area contributed by atoms with Crippen LogP contribution in [0, 0.1) is 5.92 Å². The minimum atomic E-state index is -0.662. The molecule has 0 amide bonds. The number of hydrogen-bond acceptors (Lipinski definition) is 2. The summed E-state index contributed by atoms with van der Waals surface area (Å²) in [6.07, 6.45) is 1.75. The van der Waals surface area contributed by atoms with Crippen LogP contribution in [0.3, 0.4) is 0 Å². The molecule has 2 atom stereocenters. The summed E-state index contributed by atoms with van der Waals surface area (Å²) in [6, 6.07) is 15.2. The minimum absolute atomic E-state index is 0.226. The number of rotatable bonds is 3. The molecule has 2 aromatic rings. The number of aliphatic carboxylic acids is 1. The summed E-state index contributed by atoms with van der Waals surface area (Å²) in [5, 5.41) is 11.8. The molecule has 1 fully saturated rings. The zero-order valence-electron chi connectivity index (χ0n) is 12.3. The normalized spacial score (nSPS) is 23.3. The number of piperidine rings is 1. The maximum Gasteiger partial charge on any atom is 0.307 e. The standard InChI is InChI=1S/C18H21NO2/c1-13-9-10-16(18(20)21)12-19(13)11-15-7-4-6-14-5-2-3-8-17(14)15/h2-8,13,16H,9-12H2,1H3,(H,20,21). The fourth-order valence-corrected chi connectivity index (χ4v) is 3.25. The molecule has 3 nitrogen and oxygen atoms in total. The second-order valence-corrected chi connectivity index (χ2v) is 6.03. The highest BCUT2D eigenvalue weighted by Crippen LogP contribution is 2.26. The molecule has 0 radical (unpaired) electrons. The van der Waals surface area contributed by atoms with Crippen molar-refractivity contribution in [2.45, 2.75) is 32.4 Å². The molecule has 0 aromatic heterocycles. The van der Waals surface area contributed by atoms with Crippen LogP contribution in [0.1, 0.15) is 25.3 Å². The quantitative estimate of drug-likeness (QED) is 0.937. The smallest absolute Gasteiger partial charge is 0.307 e. The van der Waals surface area contributed by atoms with Crippen molar-refractivity contribution in [2.24, 2.45) is 5.92 Å². The van der Waals surface area contributed by atoms with Crippen LogP contribution in [0.25, 0.3) is 10.8 Å². The van der Waals surface area contributed by atoms with Crippen LogP contribution < -0.4 is 0 Å². The molecule has 1 saturated heterocycles. The van der Waals surface area contributed by atoms with Crippen molar-refractivity contribution in [3.05, 3.63) is 48.0 Å². The molecule has 1 aliphatic rings. The lowest BCUT2D eigenvalue weighted by Crippen LogP contribution is -2.43. The summed E-state index contributed by atoms with van der Waals surface area (Å²) in [5.74, 6) is -0.888. The van der Waals surface area contributed by atoms with E-state index in [-0.39, 0.29) is 5.92 Å². The van der Waals surface area contributed by atoms with E-state index in [9.17, 15) is 9.90 Å². The van der Waals surface area contributed by atoms with Gasteiger partial charge in [-0.05, 0) is 36.1 Å². The highest BCUT2D eigenvalue weighted by atomic mass is 16.4. The number of fused-ring (bicyclic) bond motifs is 1. The third kappa shape index (κ3) is 2.93. The van der Waals surface area contributed by atoms with E-state index in [1.54, 1.807) is 0 Å². The van der Waals surface area contributed by atoms with E-state index in [2.05, 4.69) is 54.3 Å². The number of likely N-dealkylation sites (tertiary alicyclic amines) is 1. The van der Waals surface area contributed by atoms with Gasteiger partial charge in [0.05, 0.1) is 5.92 Å². The molecule has 3 heteroatoms. The summed E-state index contributed by atoms with van der Waals surface area (Å²) in [5.41, 5.74) is 1.28. The van der Waals surface area contributed by atoms with Crippen LogP contribution in [0.4, 0.5) is 0 Å². The van der Waals surface area contributed by atoms with E-state index in [0.29, 0.717) is 12.6 Å². The molecular formula is C18H21NO2. The molecule has 0 spiro atoms. The van der Waals surface area contributed by atoms with E-state index >= 15 is 0 Å². The largest absolute Gasteiger partial charge is 0.481 e. The molecule has 110 valence electrons. The van der Waals surface area contributed by atoms with Crippen LogP contribution in [0.2, 0.25) is 0 Å². The van der Waals surface area contributed by atoms with Gasteiger partial charge in [-0.3, -0.25) is 9.69 Å². The van der Waals surface area contributed by atoms with E-state index < -0.39 is 5.97 Å². The van der Waals surface area contributed by atoms with Gasteiger partial charge < -0.3 is 5.11 Å². The number of carboxylic acid groups (broad SMARTS) is 1. The fourth-order valence-electron chi connectivity index (χ4n) is 3.25. The van der Waals surface area contributed by atoms with Crippen LogP contribution in [-0.2, 0) is 11.3 Å². The molecule has 3 rings (SSSR count). The number of carboxylic acids is 1. The Morgan fingerprint density at radius 2 is 1.95 bits per heavy atom. The van der Waals surface area contributed by atoms with Gasteiger partial charge in [0.15, 0.2) is 0 Å². The Hall–Kier alpha value is -1.87. The van der Waals surface area contributed by atoms with Gasteiger partial charge in [-0.25, -0.2) is 0 Å². The molecule has 0 aliphatic carbocycles. The number of carbonyl (C=O) groups is 1. The molecule has 1 N–H and O–H groups in total. The van der Waals surface area contributed by atoms with E-state index in [0.717, 1.165) is 19.4 Å². The van der Waals surface area contributed by atoms with Gasteiger partial charge in [0.1, 0.15) is 0 Å². The van der Waals surface area contributed by atoms with Crippen molar-refractivity contribution < 1.29 is 9.90 Å². The van der Waals surface area contributed by atoms with E-state index in [4.69, 9.17) is 0 Å². The van der Waals surface area contributed by atoms with Crippen LogP contribution in [0.5, 0.6) is 0 Å². The van der Waals surface area contributed by atoms with Crippen LogP contribution in [0.15, 0.2) is 42.5 Å². The van der Waals surface area contributed by atoms with Crippen molar-refractivity contribution in [1.29, 1.82) is 0 Å². The Labute approximate surface area is 125 Å². The SMILES string of the molecule is CC1CCC(C(=O)O)CN1Cc1cccc2ccccc12. The molecule has 21 heavy (non-hydrogen) atoms. The predicted octanol–water partition coefficient (Wildman–Crippen LogP) is 3.52. The second-order valence-electron chi connectivity index (χ2n) is 6.03. The first-order chi connectivity index (χ1) is 10.1. The Morgan fingerprint density at radius 1 is 1.19 bits per heavy atom. The lowest BCUT2D eigenvalue weighted by molar-refractivity contribution is -0.144. The monoisotopic (exact) mass is 283 g/mol. The first-order valence-corrected chi connectivity index (χ1v) is 7.58.